The van der Waals surface area contributed by atoms with Crippen LogP contribution >= 0.6 is 0 Å². The molecular weight excluding hydrogens is 250 g/mol. The summed E-state index contributed by atoms with van der Waals surface area (Å²) in [6, 6.07) is 12.1. The Balaban J connectivity index is 2.02. The van der Waals surface area contributed by atoms with Crippen LogP contribution < -0.4 is 21.7 Å². The normalized spacial score (nSPS) is 10.3. The SMILES string of the molecule is CN(CCN)c1cnc(NCc2ccccc2)c(N)c1. The summed E-state index contributed by atoms with van der Waals surface area (Å²) in [5.41, 5.74) is 14.4. The lowest BCUT2D eigenvalue weighted by molar-refractivity contribution is 0.883. The summed E-state index contributed by atoms with van der Waals surface area (Å²) in [4.78, 5) is 6.41. The summed E-state index contributed by atoms with van der Waals surface area (Å²) >= 11 is 0. The molecule has 0 spiro atoms. The maximum Gasteiger partial charge on any atom is 0.149 e. The van der Waals surface area contributed by atoms with Gasteiger partial charge in [0.15, 0.2) is 0 Å². The Kier molecular flexibility index (Phi) is 4.79. The van der Waals surface area contributed by atoms with E-state index in [1.54, 1.807) is 6.20 Å². The maximum atomic E-state index is 6.04. The van der Waals surface area contributed by atoms with Gasteiger partial charge in [-0.2, -0.15) is 0 Å². The van der Waals surface area contributed by atoms with E-state index in [1.807, 2.05) is 36.2 Å². The van der Waals surface area contributed by atoms with Gasteiger partial charge in [0.05, 0.1) is 17.6 Å². The molecule has 5 N–H and O–H groups in total. The first kappa shape index (κ1) is 14.1. The number of likely N-dealkylation sites (N-methyl/N-ethyl adjacent to an activating group) is 1. The number of nitrogens with one attached hydrogen (secondary N) is 1. The van der Waals surface area contributed by atoms with E-state index in [4.69, 9.17) is 11.5 Å². The van der Waals surface area contributed by atoms with E-state index < -0.39 is 0 Å². The zero-order valence-corrected chi connectivity index (χ0v) is 11.7. The monoisotopic (exact) mass is 271 g/mol. The number of hydrogen-bond acceptors (Lipinski definition) is 5. The first-order valence-electron chi connectivity index (χ1n) is 6.65. The molecule has 0 amide bonds. The number of hydrogen-bond donors (Lipinski definition) is 3. The smallest absolute Gasteiger partial charge is 0.149 e. The topological polar surface area (TPSA) is 80.2 Å². The minimum absolute atomic E-state index is 0.602. The van der Waals surface area contributed by atoms with Crippen LogP contribution in [0.25, 0.3) is 0 Å². The average molecular weight is 271 g/mol. The van der Waals surface area contributed by atoms with Crippen LogP contribution in [0.15, 0.2) is 42.6 Å². The average Bonchev–Trinajstić information content (AvgIpc) is 2.47. The lowest BCUT2D eigenvalue weighted by Gasteiger charge is -2.19. The first-order chi connectivity index (χ1) is 9.70. The van der Waals surface area contributed by atoms with Crippen LogP contribution in [0.2, 0.25) is 0 Å². The van der Waals surface area contributed by atoms with Gasteiger partial charge in [0.2, 0.25) is 0 Å². The molecule has 0 unspecified atom stereocenters. The van der Waals surface area contributed by atoms with Crippen LogP contribution in [0.3, 0.4) is 0 Å². The van der Waals surface area contributed by atoms with Crippen molar-refractivity contribution in [3.05, 3.63) is 48.2 Å². The third kappa shape index (κ3) is 3.61. The molecular formula is C15H21N5. The van der Waals surface area contributed by atoms with E-state index in [0.29, 0.717) is 24.6 Å². The Hall–Kier alpha value is -2.27. The van der Waals surface area contributed by atoms with E-state index in [0.717, 1.165) is 12.2 Å². The Morgan fingerprint density at radius 3 is 2.65 bits per heavy atom. The number of benzene rings is 1. The second-order valence-electron chi connectivity index (χ2n) is 4.68. The largest absolute Gasteiger partial charge is 0.396 e. The molecule has 5 nitrogen and oxygen atoms in total. The van der Waals surface area contributed by atoms with Gasteiger partial charge in [-0.3, -0.25) is 0 Å². The molecule has 0 bridgehead atoms. The fraction of sp³-hybridized carbons (Fsp3) is 0.267. The van der Waals surface area contributed by atoms with Gasteiger partial charge in [-0.1, -0.05) is 30.3 Å². The van der Waals surface area contributed by atoms with Crippen LogP contribution in [0.4, 0.5) is 17.2 Å². The lowest BCUT2D eigenvalue weighted by Crippen LogP contribution is -2.25. The van der Waals surface area contributed by atoms with Gasteiger partial charge >= 0.3 is 0 Å². The predicted octanol–water partition coefficient (Wildman–Crippen LogP) is 1.67. The van der Waals surface area contributed by atoms with Crippen LogP contribution in [-0.2, 0) is 6.54 Å². The molecule has 0 radical (unpaired) electrons. The van der Waals surface area contributed by atoms with Crippen molar-refractivity contribution in [1.82, 2.24) is 4.98 Å². The molecule has 1 aromatic heterocycles. The van der Waals surface area contributed by atoms with Crippen molar-refractivity contribution in [2.75, 3.05) is 36.1 Å². The molecule has 0 saturated carbocycles. The number of anilines is 3. The Labute approximate surface area is 119 Å². The van der Waals surface area contributed by atoms with Crippen molar-refractivity contribution < 1.29 is 0 Å². The van der Waals surface area contributed by atoms with Gasteiger partial charge in [-0.25, -0.2) is 4.98 Å². The molecule has 0 aliphatic heterocycles. The molecule has 20 heavy (non-hydrogen) atoms. The van der Waals surface area contributed by atoms with Gasteiger partial charge in [-0.05, 0) is 11.6 Å². The van der Waals surface area contributed by atoms with E-state index in [9.17, 15) is 0 Å². The van der Waals surface area contributed by atoms with Gasteiger partial charge in [-0.15, -0.1) is 0 Å². The molecule has 1 aromatic carbocycles. The fourth-order valence-corrected chi connectivity index (χ4v) is 1.93. The molecule has 0 saturated heterocycles. The minimum atomic E-state index is 0.602. The highest BCUT2D eigenvalue weighted by molar-refractivity contribution is 5.67. The van der Waals surface area contributed by atoms with Gasteiger partial charge in [0.1, 0.15) is 5.82 Å². The fourth-order valence-electron chi connectivity index (χ4n) is 1.93. The summed E-state index contributed by atoms with van der Waals surface area (Å²) < 4.78 is 0. The number of pyridine rings is 1. The van der Waals surface area contributed by atoms with Crippen molar-refractivity contribution in [1.29, 1.82) is 0 Å². The second kappa shape index (κ2) is 6.77. The lowest BCUT2D eigenvalue weighted by atomic mass is 10.2. The number of nitrogen functional groups attached to an aromatic ring is 1. The van der Waals surface area contributed by atoms with Gasteiger partial charge in [0.25, 0.3) is 0 Å². The van der Waals surface area contributed by atoms with Crippen molar-refractivity contribution >= 4 is 17.2 Å². The molecule has 0 aliphatic carbocycles. The number of aromatic nitrogens is 1. The standard InChI is InChI=1S/C15H21N5/c1-20(8-7-16)13-9-14(17)15(19-11-13)18-10-12-5-3-2-4-6-12/h2-6,9,11H,7-8,10,16-17H2,1H3,(H,18,19). The highest BCUT2D eigenvalue weighted by atomic mass is 15.1. The highest BCUT2D eigenvalue weighted by Crippen LogP contribution is 2.22. The van der Waals surface area contributed by atoms with Crippen LogP contribution in [-0.4, -0.2) is 25.1 Å². The zero-order valence-electron chi connectivity index (χ0n) is 11.7. The molecule has 0 aliphatic rings. The van der Waals surface area contributed by atoms with Crippen molar-refractivity contribution in [2.24, 2.45) is 5.73 Å². The molecule has 106 valence electrons. The number of nitrogens with zero attached hydrogens (tertiary/aromatic N) is 2. The van der Waals surface area contributed by atoms with Crippen LogP contribution in [0.5, 0.6) is 0 Å². The molecule has 0 atom stereocenters. The second-order valence-corrected chi connectivity index (χ2v) is 4.68. The molecule has 5 heteroatoms. The number of rotatable bonds is 6. The van der Waals surface area contributed by atoms with Crippen molar-refractivity contribution in [2.45, 2.75) is 6.54 Å². The Morgan fingerprint density at radius 2 is 2.00 bits per heavy atom. The van der Waals surface area contributed by atoms with Crippen molar-refractivity contribution in [3.8, 4) is 0 Å². The highest BCUT2D eigenvalue weighted by Gasteiger charge is 2.05. The Morgan fingerprint density at radius 1 is 1.25 bits per heavy atom. The molecule has 2 rings (SSSR count). The van der Waals surface area contributed by atoms with Gasteiger partial charge < -0.3 is 21.7 Å². The summed E-state index contributed by atoms with van der Waals surface area (Å²) in [6.45, 7) is 2.08. The van der Waals surface area contributed by atoms with Gasteiger partial charge in [0, 0.05) is 26.7 Å². The zero-order chi connectivity index (χ0) is 14.4. The molecule has 2 aromatic rings. The third-order valence-corrected chi connectivity index (χ3v) is 3.11. The maximum absolute atomic E-state index is 6.04. The van der Waals surface area contributed by atoms with E-state index in [1.165, 1.54) is 5.56 Å². The third-order valence-electron chi connectivity index (χ3n) is 3.11. The van der Waals surface area contributed by atoms with Crippen molar-refractivity contribution in [3.63, 3.8) is 0 Å². The summed E-state index contributed by atoms with van der Waals surface area (Å²) in [5, 5.41) is 3.25. The Bertz CT molecular complexity index is 541. The number of nitrogens with two attached hydrogens (primary N) is 2. The van der Waals surface area contributed by atoms with E-state index in [2.05, 4.69) is 22.4 Å². The van der Waals surface area contributed by atoms with E-state index >= 15 is 0 Å². The minimum Gasteiger partial charge on any atom is -0.396 e. The predicted molar refractivity (Wildman–Crippen MR) is 84.7 cm³/mol. The summed E-state index contributed by atoms with van der Waals surface area (Å²) in [5.74, 6) is 0.707. The summed E-state index contributed by atoms with van der Waals surface area (Å²) in [7, 11) is 1.97. The van der Waals surface area contributed by atoms with Crippen LogP contribution in [0.1, 0.15) is 5.56 Å². The van der Waals surface area contributed by atoms with E-state index in [-0.39, 0.29) is 0 Å². The first-order valence-corrected chi connectivity index (χ1v) is 6.65. The quantitative estimate of drug-likeness (QED) is 0.744. The summed E-state index contributed by atoms with van der Waals surface area (Å²) in [6.07, 6.45) is 1.80. The molecule has 0 fully saturated rings. The molecule has 1 heterocycles. The van der Waals surface area contributed by atoms with Crippen LogP contribution in [0, 0.1) is 0 Å².